The van der Waals surface area contributed by atoms with E-state index in [9.17, 15) is 0 Å². The fourth-order valence-corrected chi connectivity index (χ4v) is 4.38. The first-order valence-corrected chi connectivity index (χ1v) is 20.4. The monoisotopic (exact) mass is 763 g/mol. The molecule has 0 aromatic rings. The number of hydrogen-bond acceptors (Lipinski definition) is 0. The van der Waals surface area contributed by atoms with Crippen LogP contribution in [0.25, 0.3) is 0 Å². The van der Waals surface area contributed by atoms with Crippen molar-refractivity contribution in [1.82, 2.24) is 0 Å². The number of rotatable bonds is 10. The zero-order valence-corrected chi connectivity index (χ0v) is 40.2. The van der Waals surface area contributed by atoms with E-state index in [1.807, 2.05) is 0 Å². The third-order valence-electron chi connectivity index (χ3n) is 11.3. The molecule has 0 unspecified atom stereocenters. The van der Waals surface area contributed by atoms with Crippen LogP contribution in [0.4, 0.5) is 0 Å². The van der Waals surface area contributed by atoms with Gasteiger partial charge in [0.15, 0.2) is 0 Å². The van der Waals surface area contributed by atoms with Gasteiger partial charge in [-0.1, -0.05) is 242 Å². The SMILES string of the molecule is C.C.C.C.C/C(=C(/C)C(C)C)C(C)C.C/C(=C(\C)C(C)C)C(C)C.C=C(C(C)C)C(C)(C)C(C)C.C=C(C(C)C)C(C)(C)C(C)C.CC(C)C#CC(C)C. The van der Waals surface area contributed by atoms with E-state index in [1.165, 1.54) is 11.1 Å². The largest absolute Gasteiger partial charge is 0.100 e. The van der Waals surface area contributed by atoms with Gasteiger partial charge in [-0.05, 0) is 85.9 Å². The first-order chi connectivity index (χ1) is 22.1. The molecular weight excluding hydrogens is 649 g/mol. The van der Waals surface area contributed by atoms with Crippen LogP contribution in [0.2, 0.25) is 0 Å². The molecule has 0 N–H and O–H groups in total. The summed E-state index contributed by atoms with van der Waals surface area (Å²) < 4.78 is 0. The fourth-order valence-electron chi connectivity index (χ4n) is 4.38. The Balaban J connectivity index is -0.0000000660. The highest BCUT2D eigenvalue weighted by atomic mass is 14.3. The van der Waals surface area contributed by atoms with Crippen molar-refractivity contribution in [3.8, 4) is 11.8 Å². The molecular formula is C54H114. The highest BCUT2D eigenvalue weighted by Crippen LogP contribution is 2.38. The molecule has 0 heterocycles. The Morgan fingerprint density at radius 2 is 0.481 bits per heavy atom. The maximum absolute atomic E-state index is 4.15. The number of hydrogen-bond donors (Lipinski definition) is 0. The molecule has 0 aliphatic rings. The molecule has 330 valence electrons. The van der Waals surface area contributed by atoms with Crippen molar-refractivity contribution < 1.29 is 0 Å². The lowest BCUT2D eigenvalue weighted by Gasteiger charge is -2.34. The van der Waals surface area contributed by atoms with Gasteiger partial charge in [-0.3, -0.25) is 0 Å². The van der Waals surface area contributed by atoms with Crippen LogP contribution in [0.5, 0.6) is 0 Å². The average molecular weight is 764 g/mol. The Morgan fingerprint density at radius 3 is 0.537 bits per heavy atom. The predicted octanol–water partition coefficient (Wildman–Crippen LogP) is 19.9. The molecule has 0 aliphatic carbocycles. The predicted molar refractivity (Wildman–Crippen MR) is 266 cm³/mol. The third-order valence-corrected chi connectivity index (χ3v) is 11.3. The topological polar surface area (TPSA) is 0 Å². The Bertz CT molecular complexity index is 909. The molecule has 0 bridgehead atoms. The average Bonchev–Trinajstić information content (AvgIpc) is 2.98. The van der Waals surface area contributed by atoms with Crippen molar-refractivity contribution in [2.24, 2.45) is 70.0 Å². The van der Waals surface area contributed by atoms with Gasteiger partial charge in [0.25, 0.3) is 0 Å². The second-order valence-corrected chi connectivity index (χ2v) is 19.1. The molecule has 0 aliphatic heterocycles. The summed E-state index contributed by atoms with van der Waals surface area (Å²) in [4.78, 5) is 0. The zero-order chi connectivity index (χ0) is 41.7. The van der Waals surface area contributed by atoms with Crippen LogP contribution < -0.4 is 0 Å². The Labute approximate surface area is 350 Å². The lowest BCUT2D eigenvalue weighted by molar-refractivity contribution is 0.288. The molecule has 0 radical (unpaired) electrons. The maximum Gasteiger partial charge on any atom is 0.0146 e. The van der Waals surface area contributed by atoms with Crippen LogP contribution in [-0.2, 0) is 0 Å². The van der Waals surface area contributed by atoms with Gasteiger partial charge in [0.05, 0.1) is 0 Å². The summed E-state index contributed by atoms with van der Waals surface area (Å²) in [5.41, 5.74) is 9.51. The highest BCUT2D eigenvalue weighted by Gasteiger charge is 2.27. The summed E-state index contributed by atoms with van der Waals surface area (Å²) in [6.45, 7) is 70.7. The van der Waals surface area contributed by atoms with E-state index >= 15 is 0 Å². The molecule has 54 heavy (non-hydrogen) atoms. The van der Waals surface area contributed by atoms with E-state index in [0.717, 1.165) is 0 Å². The minimum Gasteiger partial charge on any atom is -0.100 e. The molecule has 0 nitrogen and oxygen atoms in total. The molecule has 0 atom stereocenters. The summed E-state index contributed by atoms with van der Waals surface area (Å²) in [5, 5.41) is 0. The Morgan fingerprint density at radius 1 is 0.333 bits per heavy atom. The van der Waals surface area contributed by atoms with Gasteiger partial charge in [-0.15, -0.1) is 11.8 Å². The standard InChI is InChI=1S/2C11H22.2C10H20.C8H14.4CH4/c2*1-8(2)10(5)11(6,7)9(3)4;2*1-7(2)9(5)10(6)8(3)4;1-7(2)5-6-8(3)4;;;;/h2*8-9H,5H2,1-4,6-7H3;2*7-8H,1-6H3;7-8H,1-4H3;4*1H4/b;;10-9+;10-9-;;;;;. The van der Waals surface area contributed by atoms with Crippen LogP contribution in [0.15, 0.2) is 46.6 Å². The second kappa shape index (κ2) is 35.9. The first kappa shape index (κ1) is 73.6. The van der Waals surface area contributed by atoms with E-state index < -0.39 is 0 Å². The minimum atomic E-state index is 0. The van der Waals surface area contributed by atoms with Gasteiger partial charge in [0, 0.05) is 11.8 Å². The highest BCUT2D eigenvalue weighted by molar-refractivity contribution is 5.14. The van der Waals surface area contributed by atoms with Crippen molar-refractivity contribution in [3.05, 3.63) is 46.6 Å². The third kappa shape index (κ3) is 35.0. The van der Waals surface area contributed by atoms with E-state index in [4.69, 9.17) is 0 Å². The van der Waals surface area contributed by atoms with E-state index in [2.05, 4.69) is 219 Å². The Kier molecular flexibility index (Phi) is 48.9. The van der Waals surface area contributed by atoms with Gasteiger partial charge in [-0.2, -0.15) is 0 Å². The molecule has 0 amide bonds. The Hall–Kier alpha value is -1.48. The summed E-state index contributed by atoms with van der Waals surface area (Å²) in [6, 6.07) is 0. The molecule has 0 fully saturated rings. The minimum absolute atomic E-state index is 0. The lowest BCUT2D eigenvalue weighted by Crippen LogP contribution is -2.24. The summed E-state index contributed by atoms with van der Waals surface area (Å²) in [5.74, 6) is 12.6. The van der Waals surface area contributed by atoms with Gasteiger partial charge < -0.3 is 0 Å². The molecule has 0 aromatic heterocycles. The van der Waals surface area contributed by atoms with Crippen molar-refractivity contribution in [2.75, 3.05) is 0 Å². The maximum atomic E-state index is 4.15. The van der Waals surface area contributed by atoms with Crippen LogP contribution >= 0.6 is 0 Å². The van der Waals surface area contributed by atoms with Gasteiger partial charge in [0.2, 0.25) is 0 Å². The normalized spacial score (nSPS) is 11.9. The van der Waals surface area contributed by atoms with Gasteiger partial charge >= 0.3 is 0 Å². The lowest BCUT2D eigenvalue weighted by atomic mass is 9.72. The van der Waals surface area contributed by atoms with Crippen LogP contribution in [0, 0.1) is 81.8 Å². The molecule has 0 rings (SSSR count). The molecule has 0 aromatic carbocycles. The quantitative estimate of drug-likeness (QED) is 0.154. The van der Waals surface area contributed by atoms with Crippen molar-refractivity contribution in [2.45, 2.75) is 224 Å². The van der Waals surface area contributed by atoms with Crippen LogP contribution in [-0.4, -0.2) is 0 Å². The van der Waals surface area contributed by atoms with Crippen molar-refractivity contribution >= 4 is 0 Å². The van der Waals surface area contributed by atoms with Crippen LogP contribution in [0.3, 0.4) is 0 Å². The number of allylic oxidation sites excluding steroid dienone is 6. The summed E-state index contributed by atoms with van der Waals surface area (Å²) >= 11 is 0. The smallest absolute Gasteiger partial charge is 0.0146 e. The van der Waals surface area contributed by atoms with E-state index in [0.29, 0.717) is 59.2 Å². The fraction of sp³-hybridized carbons (Fsp3) is 0.815. The summed E-state index contributed by atoms with van der Waals surface area (Å²) in [6.07, 6.45) is 0. The zero-order valence-electron chi connectivity index (χ0n) is 40.2. The van der Waals surface area contributed by atoms with Gasteiger partial charge in [-0.25, -0.2) is 0 Å². The van der Waals surface area contributed by atoms with Gasteiger partial charge in [0.1, 0.15) is 0 Å². The molecule has 0 heteroatoms. The van der Waals surface area contributed by atoms with E-state index in [-0.39, 0.29) is 40.5 Å². The second-order valence-electron chi connectivity index (χ2n) is 19.1. The van der Waals surface area contributed by atoms with Crippen molar-refractivity contribution in [3.63, 3.8) is 0 Å². The van der Waals surface area contributed by atoms with Crippen LogP contribution in [0.1, 0.15) is 224 Å². The summed E-state index contributed by atoms with van der Waals surface area (Å²) in [7, 11) is 0. The van der Waals surface area contributed by atoms with E-state index in [1.54, 1.807) is 22.3 Å². The first-order valence-electron chi connectivity index (χ1n) is 20.4. The molecule has 0 saturated heterocycles. The molecule has 0 saturated carbocycles. The molecule has 0 spiro atoms. The van der Waals surface area contributed by atoms with Crippen molar-refractivity contribution in [1.29, 1.82) is 0 Å².